The van der Waals surface area contributed by atoms with Gasteiger partial charge in [0.15, 0.2) is 0 Å². The number of carbonyl (C=O) groups is 1. The second-order valence-electron chi connectivity index (χ2n) is 5.83. The first-order chi connectivity index (χ1) is 8.44. The number of carboxylic acids is 1. The van der Waals surface area contributed by atoms with E-state index in [1.807, 2.05) is 38.1 Å². The van der Waals surface area contributed by atoms with Gasteiger partial charge in [0, 0.05) is 5.41 Å². The largest absolute Gasteiger partial charge is 0.481 e. The summed E-state index contributed by atoms with van der Waals surface area (Å²) in [6.07, 6.45) is 2.35. The van der Waals surface area contributed by atoms with E-state index in [2.05, 4.69) is 0 Å². The molecule has 2 rings (SSSR count). The number of aliphatic hydroxyl groups is 1. The molecule has 1 aliphatic rings. The molecule has 0 bridgehead atoms. The van der Waals surface area contributed by atoms with E-state index >= 15 is 0 Å². The number of rotatable bonds is 4. The Kier molecular flexibility index (Phi) is 3.20. The van der Waals surface area contributed by atoms with Crippen LogP contribution in [0.2, 0.25) is 0 Å². The summed E-state index contributed by atoms with van der Waals surface area (Å²) in [4.78, 5) is 11.6. The van der Waals surface area contributed by atoms with E-state index < -0.39 is 16.8 Å². The Balaban J connectivity index is 2.55. The Bertz CT molecular complexity index is 459. The van der Waals surface area contributed by atoms with Crippen molar-refractivity contribution in [1.29, 1.82) is 0 Å². The molecule has 0 aliphatic heterocycles. The molecule has 0 spiro atoms. The van der Waals surface area contributed by atoms with Crippen molar-refractivity contribution in [1.82, 2.24) is 0 Å². The molecule has 1 fully saturated rings. The van der Waals surface area contributed by atoms with Crippen molar-refractivity contribution in [2.45, 2.75) is 43.9 Å². The van der Waals surface area contributed by atoms with Crippen molar-refractivity contribution >= 4 is 5.97 Å². The van der Waals surface area contributed by atoms with Crippen LogP contribution in [0.3, 0.4) is 0 Å². The molecule has 0 radical (unpaired) electrons. The maximum Gasteiger partial charge on any atom is 0.314 e. The third kappa shape index (κ3) is 1.83. The molecule has 0 aromatic heterocycles. The summed E-state index contributed by atoms with van der Waals surface area (Å²) >= 11 is 0. The van der Waals surface area contributed by atoms with Gasteiger partial charge in [-0.1, -0.05) is 44.5 Å². The van der Waals surface area contributed by atoms with Gasteiger partial charge in [-0.05, 0) is 24.0 Å². The number of benzene rings is 1. The lowest BCUT2D eigenvalue weighted by Crippen LogP contribution is -2.44. The summed E-state index contributed by atoms with van der Waals surface area (Å²) < 4.78 is 0. The van der Waals surface area contributed by atoms with Crippen molar-refractivity contribution in [3.05, 3.63) is 35.4 Å². The average molecular weight is 248 g/mol. The molecule has 98 valence electrons. The minimum absolute atomic E-state index is 0.0136. The number of hydrogen-bond donors (Lipinski definition) is 2. The van der Waals surface area contributed by atoms with Crippen LogP contribution in [0, 0.1) is 0 Å². The molecule has 1 aliphatic carbocycles. The van der Waals surface area contributed by atoms with Crippen LogP contribution in [-0.4, -0.2) is 22.8 Å². The summed E-state index contributed by atoms with van der Waals surface area (Å²) in [7, 11) is 0. The van der Waals surface area contributed by atoms with E-state index in [4.69, 9.17) is 0 Å². The van der Waals surface area contributed by atoms with Crippen LogP contribution in [0.4, 0.5) is 0 Å². The van der Waals surface area contributed by atoms with Crippen LogP contribution < -0.4 is 0 Å². The van der Waals surface area contributed by atoms with Gasteiger partial charge < -0.3 is 10.2 Å². The highest BCUT2D eigenvalue weighted by Gasteiger charge is 2.48. The molecule has 0 saturated heterocycles. The first-order valence-corrected chi connectivity index (χ1v) is 6.38. The molecule has 1 saturated carbocycles. The van der Waals surface area contributed by atoms with Gasteiger partial charge in [-0.15, -0.1) is 0 Å². The van der Waals surface area contributed by atoms with E-state index in [9.17, 15) is 15.0 Å². The lowest BCUT2D eigenvalue weighted by molar-refractivity contribution is -0.147. The van der Waals surface area contributed by atoms with Gasteiger partial charge in [-0.25, -0.2) is 0 Å². The van der Waals surface area contributed by atoms with Gasteiger partial charge >= 0.3 is 5.97 Å². The highest BCUT2D eigenvalue weighted by Crippen LogP contribution is 2.47. The number of carboxylic acid groups (broad SMARTS) is 1. The zero-order valence-electron chi connectivity index (χ0n) is 10.9. The summed E-state index contributed by atoms with van der Waals surface area (Å²) in [6.45, 7) is 3.90. The van der Waals surface area contributed by atoms with Gasteiger partial charge in [-0.3, -0.25) is 4.79 Å². The number of aliphatic hydroxyl groups excluding tert-OH is 1. The minimum Gasteiger partial charge on any atom is -0.481 e. The summed E-state index contributed by atoms with van der Waals surface area (Å²) in [5, 5.41) is 19.1. The van der Waals surface area contributed by atoms with Crippen LogP contribution in [0.5, 0.6) is 0 Å². The molecule has 1 aromatic rings. The predicted molar refractivity (Wildman–Crippen MR) is 69.7 cm³/mol. The normalized spacial score (nSPS) is 18.2. The molecule has 1 aromatic carbocycles. The molecule has 2 N–H and O–H groups in total. The molecule has 0 unspecified atom stereocenters. The second-order valence-corrected chi connectivity index (χ2v) is 5.83. The fraction of sp³-hybridized carbons (Fsp3) is 0.533. The fourth-order valence-corrected chi connectivity index (χ4v) is 2.70. The Labute approximate surface area is 107 Å². The summed E-state index contributed by atoms with van der Waals surface area (Å²) in [5.41, 5.74) is 0.690. The minimum atomic E-state index is -0.741. The highest BCUT2D eigenvalue weighted by molar-refractivity contribution is 5.83. The maximum absolute atomic E-state index is 11.6. The Morgan fingerprint density at radius 2 is 1.94 bits per heavy atom. The van der Waals surface area contributed by atoms with Crippen molar-refractivity contribution < 1.29 is 15.0 Å². The summed E-state index contributed by atoms with van der Waals surface area (Å²) in [6, 6.07) is 7.63. The molecular weight excluding hydrogens is 228 g/mol. The van der Waals surface area contributed by atoms with Crippen LogP contribution >= 0.6 is 0 Å². The molecule has 0 atom stereocenters. The lowest BCUT2D eigenvalue weighted by Gasteiger charge is -2.41. The smallest absolute Gasteiger partial charge is 0.314 e. The van der Waals surface area contributed by atoms with E-state index in [1.165, 1.54) is 0 Å². The molecule has 3 heteroatoms. The van der Waals surface area contributed by atoms with E-state index in [-0.39, 0.29) is 6.61 Å². The molecule has 3 nitrogen and oxygen atoms in total. The Morgan fingerprint density at radius 3 is 2.39 bits per heavy atom. The topological polar surface area (TPSA) is 57.5 Å². The maximum atomic E-state index is 11.6. The number of hydrogen-bond acceptors (Lipinski definition) is 2. The zero-order valence-corrected chi connectivity index (χ0v) is 10.9. The fourth-order valence-electron chi connectivity index (χ4n) is 2.70. The van der Waals surface area contributed by atoms with Crippen LogP contribution in [0.15, 0.2) is 24.3 Å². The molecular formula is C15H20O3. The predicted octanol–water partition coefficient (Wildman–Crippen LogP) is 2.46. The van der Waals surface area contributed by atoms with Crippen molar-refractivity contribution in [2.24, 2.45) is 0 Å². The van der Waals surface area contributed by atoms with Gasteiger partial charge in [0.25, 0.3) is 0 Å². The Morgan fingerprint density at radius 1 is 1.33 bits per heavy atom. The molecule has 18 heavy (non-hydrogen) atoms. The summed E-state index contributed by atoms with van der Waals surface area (Å²) in [5.74, 6) is -0.741. The quantitative estimate of drug-likeness (QED) is 0.860. The lowest BCUT2D eigenvalue weighted by atomic mass is 9.61. The van der Waals surface area contributed by atoms with Gasteiger partial charge in [-0.2, -0.15) is 0 Å². The SMILES string of the molecule is CC(C)(CO)c1ccccc1C1(C(=O)O)CCC1. The van der Waals surface area contributed by atoms with Crippen molar-refractivity contribution in [2.75, 3.05) is 6.61 Å². The van der Waals surface area contributed by atoms with Gasteiger partial charge in [0.05, 0.1) is 12.0 Å². The van der Waals surface area contributed by atoms with E-state index in [1.54, 1.807) is 0 Å². The highest BCUT2D eigenvalue weighted by atomic mass is 16.4. The van der Waals surface area contributed by atoms with E-state index in [0.29, 0.717) is 12.8 Å². The van der Waals surface area contributed by atoms with Crippen LogP contribution in [0.25, 0.3) is 0 Å². The first-order valence-electron chi connectivity index (χ1n) is 6.38. The Hall–Kier alpha value is -1.35. The first kappa shape index (κ1) is 13.1. The zero-order chi connectivity index (χ0) is 13.4. The average Bonchev–Trinajstić information content (AvgIpc) is 2.27. The third-order valence-electron chi connectivity index (χ3n) is 4.18. The standard InChI is InChI=1S/C15H20O3/c1-14(2,10-16)11-6-3-4-7-12(11)15(13(17)18)8-5-9-15/h3-4,6-7,16H,5,8-10H2,1-2H3,(H,17,18). The third-order valence-corrected chi connectivity index (χ3v) is 4.18. The van der Waals surface area contributed by atoms with Gasteiger partial charge in [0.1, 0.15) is 0 Å². The van der Waals surface area contributed by atoms with Crippen LogP contribution in [0.1, 0.15) is 44.2 Å². The second kappa shape index (κ2) is 4.39. The number of aliphatic carboxylic acids is 1. The van der Waals surface area contributed by atoms with E-state index in [0.717, 1.165) is 17.5 Å². The molecule has 0 amide bonds. The molecule has 0 heterocycles. The van der Waals surface area contributed by atoms with Gasteiger partial charge in [0.2, 0.25) is 0 Å². The monoisotopic (exact) mass is 248 g/mol. The van der Waals surface area contributed by atoms with Crippen LogP contribution in [-0.2, 0) is 15.6 Å². The van der Waals surface area contributed by atoms with Crippen molar-refractivity contribution in [3.63, 3.8) is 0 Å². The van der Waals surface area contributed by atoms with Crippen molar-refractivity contribution in [3.8, 4) is 0 Å².